The van der Waals surface area contributed by atoms with E-state index in [2.05, 4.69) is 4.90 Å². The first-order valence-corrected chi connectivity index (χ1v) is 12.2. The number of hydrogen-bond acceptors (Lipinski definition) is 4. The van der Waals surface area contributed by atoms with Crippen molar-refractivity contribution in [3.63, 3.8) is 0 Å². The van der Waals surface area contributed by atoms with Gasteiger partial charge in [-0.1, -0.05) is 18.2 Å². The number of piperazine rings is 1. The predicted octanol–water partition coefficient (Wildman–Crippen LogP) is 2.76. The fraction of sp³-hybridized carbons (Fsp3) is 0.333. The molecule has 2 aromatic carbocycles. The summed E-state index contributed by atoms with van der Waals surface area (Å²) in [6, 6.07) is 11.5. The van der Waals surface area contributed by atoms with Gasteiger partial charge in [-0.2, -0.15) is 0 Å². The smallest absolute Gasteiger partial charge is 0.335 e. The van der Waals surface area contributed by atoms with Crippen LogP contribution in [0, 0.1) is 12.7 Å². The Morgan fingerprint density at radius 3 is 2.53 bits per heavy atom. The first-order chi connectivity index (χ1) is 15.3. The molecule has 0 unspecified atom stereocenters. The number of carbonyl (C=O) groups is 2. The van der Waals surface area contributed by atoms with Gasteiger partial charge in [-0.05, 0) is 67.9 Å². The monoisotopic (exact) mass is 455 g/mol. The Morgan fingerprint density at radius 2 is 1.94 bits per heavy atom. The fourth-order valence-corrected chi connectivity index (χ4v) is 5.74. The van der Waals surface area contributed by atoms with Crippen molar-refractivity contribution < 1.29 is 23.5 Å². The van der Waals surface area contributed by atoms with E-state index in [1.54, 1.807) is 37.3 Å². The molecule has 1 aliphatic rings. The highest BCUT2D eigenvalue weighted by atomic mass is 28.3. The number of carbonyl (C=O) groups excluding carboxylic acids is 1. The maximum absolute atomic E-state index is 14.3. The average Bonchev–Trinajstić information content (AvgIpc) is 2.76. The molecule has 0 aromatic heterocycles. The minimum Gasteiger partial charge on any atom is -0.536 e. The maximum atomic E-state index is 14.3. The van der Waals surface area contributed by atoms with Crippen LogP contribution in [0.15, 0.2) is 54.6 Å². The summed E-state index contributed by atoms with van der Waals surface area (Å²) in [6.07, 6.45) is 3.95. The SMILES string of the molecule is C/C=C/C(=O)N1CCN(C[Si](Oc2ccc(C(=O)O)cc2)c2ccc(C)c(F)c2)C[C@H]1C. The molecule has 1 atom stereocenters. The topological polar surface area (TPSA) is 70.1 Å². The Kier molecular flexibility index (Phi) is 7.82. The Labute approximate surface area is 189 Å². The van der Waals surface area contributed by atoms with E-state index in [9.17, 15) is 14.0 Å². The van der Waals surface area contributed by atoms with Crippen LogP contribution in [-0.4, -0.2) is 67.7 Å². The summed E-state index contributed by atoms with van der Waals surface area (Å²) in [6.45, 7) is 7.60. The molecule has 0 saturated carbocycles. The minimum atomic E-state index is -1.69. The van der Waals surface area contributed by atoms with Crippen molar-refractivity contribution in [3.8, 4) is 5.75 Å². The number of aromatic carboxylic acids is 1. The third-order valence-electron chi connectivity index (χ3n) is 5.51. The highest BCUT2D eigenvalue weighted by Crippen LogP contribution is 2.16. The maximum Gasteiger partial charge on any atom is 0.335 e. The number of aryl methyl sites for hydroxylation is 1. The molecule has 1 aliphatic heterocycles. The largest absolute Gasteiger partial charge is 0.536 e. The Balaban J connectivity index is 1.78. The summed E-state index contributed by atoms with van der Waals surface area (Å²) < 4.78 is 20.6. The van der Waals surface area contributed by atoms with Gasteiger partial charge < -0.3 is 14.4 Å². The lowest BCUT2D eigenvalue weighted by atomic mass is 10.2. The second-order valence-electron chi connectivity index (χ2n) is 7.93. The average molecular weight is 456 g/mol. The van der Waals surface area contributed by atoms with Gasteiger partial charge in [0.25, 0.3) is 0 Å². The molecule has 2 aromatic rings. The first kappa shape index (κ1) is 23.7. The van der Waals surface area contributed by atoms with Crippen molar-refractivity contribution in [1.82, 2.24) is 9.80 Å². The Morgan fingerprint density at radius 1 is 1.22 bits per heavy atom. The molecule has 1 N–H and O–H groups in total. The number of amides is 1. The summed E-state index contributed by atoms with van der Waals surface area (Å²) >= 11 is 0. The number of carboxylic acid groups (broad SMARTS) is 1. The van der Waals surface area contributed by atoms with Crippen LogP contribution in [0.1, 0.15) is 29.8 Å². The van der Waals surface area contributed by atoms with E-state index in [1.807, 2.05) is 24.8 Å². The number of rotatable bonds is 7. The van der Waals surface area contributed by atoms with Crippen LogP contribution in [0.3, 0.4) is 0 Å². The summed E-state index contributed by atoms with van der Waals surface area (Å²) in [4.78, 5) is 27.5. The van der Waals surface area contributed by atoms with Crippen molar-refractivity contribution in [2.45, 2.75) is 26.8 Å². The van der Waals surface area contributed by atoms with Gasteiger partial charge in [-0.3, -0.25) is 9.69 Å². The first-order valence-electron chi connectivity index (χ1n) is 10.6. The molecule has 0 bridgehead atoms. The Hall–Kier alpha value is -2.97. The zero-order valence-corrected chi connectivity index (χ0v) is 19.5. The summed E-state index contributed by atoms with van der Waals surface area (Å²) in [7, 11) is -1.69. The molecule has 6 nitrogen and oxygen atoms in total. The van der Waals surface area contributed by atoms with E-state index in [-0.39, 0.29) is 23.3 Å². The lowest BCUT2D eigenvalue weighted by Gasteiger charge is -2.40. The van der Waals surface area contributed by atoms with Gasteiger partial charge in [0.05, 0.1) is 5.56 Å². The fourth-order valence-electron chi connectivity index (χ4n) is 3.70. The summed E-state index contributed by atoms with van der Waals surface area (Å²) in [5.41, 5.74) is 0.758. The molecule has 1 saturated heterocycles. The normalized spacial score (nSPS) is 17.2. The van der Waals surface area contributed by atoms with Gasteiger partial charge in [0.15, 0.2) is 0 Å². The Bertz CT molecular complexity index is 996. The molecule has 8 heteroatoms. The van der Waals surface area contributed by atoms with E-state index in [0.717, 1.165) is 5.19 Å². The quantitative estimate of drug-likeness (QED) is 0.514. The summed E-state index contributed by atoms with van der Waals surface area (Å²) in [5.74, 6) is -0.702. The lowest BCUT2D eigenvalue weighted by molar-refractivity contribution is -0.130. The van der Waals surface area contributed by atoms with Crippen LogP contribution >= 0.6 is 0 Å². The van der Waals surface area contributed by atoms with Crippen molar-refractivity contribution in [3.05, 3.63) is 71.6 Å². The zero-order valence-electron chi connectivity index (χ0n) is 18.5. The van der Waals surface area contributed by atoms with E-state index in [1.165, 1.54) is 18.2 Å². The number of benzene rings is 2. The molecule has 1 radical (unpaired) electrons. The predicted molar refractivity (Wildman–Crippen MR) is 123 cm³/mol. The molecule has 0 spiro atoms. The molecular formula is C24H28FN2O4Si. The van der Waals surface area contributed by atoms with Gasteiger partial charge in [0.1, 0.15) is 11.6 Å². The van der Waals surface area contributed by atoms with E-state index in [0.29, 0.717) is 37.1 Å². The molecule has 169 valence electrons. The van der Waals surface area contributed by atoms with E-state index in [4.69, 9.17) is 9.53 Å². The molecule has 1 fully saturated rings. The zero-order chi connectivity index (χ0) is 23.3. The van der Waals surface area contributed by atoms with Gasteiger partial charge >= 0.3 is 15.0 Å². The molecule has 1 heterocycles. The molecular weight excluding hydrogens is 427 g/mol. The molecule has 3 rings (SSSR count). The van der Waals surface area contributed by atoms with Crippen LogP contribution in [-0.2, 0) is 4.79 Å². The van der Waals surface area contributed by atoms with Crippen molar-refractivity contribution in [1.29, 1.82) is 0 Å². The highest BCUT2D eigenvalue weighted by Gasteiger charge is 2.30. The number of nitrogens with zero attached hydrogens (tertiary/aromatic N) is 2. The van der Waals surface area contributed by atoms with Crippen molar-refractivity contribution in [2.24, 2.45) is 0 Å². The summed E-state index contributed by atoms with van der Waals surface area (Å²) in [5, 5.41) is 9.92. The van der Waals surface area contributed by atoms with Gasteiger partial charge in [0.2, 0.25) is 5.91 Å². The number of halogens is 1. The molecule has 32 heavy (non-hydrogen) atoms. The van der Waals surface area contributed by atoms with Crippen LogP contribution in [0.25, 0.3) is 0 Å². The van der Waals surface area contributed by atoms with Gasteiger partial charge in [0, 0.05) is 31.8 Å². The van der Waals surface area contributed by atoms with Crippen LogP contribution in [0.4, 0.5) is 4.39 Å². The van der Waals surface area contributed by atoms with E-state index >= 15 is 0 Å². The number of hydrogen-bond donors (Lipinski definition) is 1. The second-order valence-corrected chi connectivity index (χ2v) is 9.88. The lowest BCUT2D eigenvalue weighted by Crippen LogP contribution is -2.57. The minimum absolute atomic E-state index is 0.0144. The molecule has 0 aliphatic carbocycles. The molecule has 1 amide bonds. The van der Waals surface area contributed by atoms with Gasteiger partial charge in [-0.25, -0.2) is 9.18 Å². The second kappa shape index (κ2) is 10.6. The van der Waals surface area contributed by atoms with Crippen molar-refractivity contribution >= 4 is 26.1 Å². The van der Waals surface area contributed by atoms with Crippen molar-refractivity contribution in [2.75, 3.05) is 25.8 Å². The third-order valence-corrected chi connectivity index (χ3v) is 7.68. The van der Waals surface area contributed by atoms with Crippen LogP contribution < -0.4 is 9.61 Å². The third kappa shape index (κ3) is 5.83. The standard InChI is InChI=1S/C24H28FN2O4Si/c1-4-5-23(28)27-13-12-26(15-18(27)3)16-32(21-11-6-17(2)22(25)14-21)31-20-9-7-19(8-10-20)24(29)30/h4-11,14,18H,12-13,15-16H2,1-3H3,(H,29,30)/b5-4+/t18-/m1/s1. The van der Waals surface area contributed by atoms with Crippen LogP contribution in [0.5, 0.6) is 5.75 Å². The van der Waals surface area contributed by atoms with E-state index < -0.39 is 15.0 Å². The highest BCUT2D eigenvalue weighted by molar-refractivity contribution is 6.68. The van der Waals surface area contributed by atoms with Gasteiger partial charge in [-0.15, -0.1) is 0 Å². The number of allylic oxidation sites excluding steroid dienone is 1. The number of carboxylic acids is 1. The van der Waals surface area contributed by atoms with Crippen LogP contribution in [0.2, 0.25) is 0 Å².